The smallest absolute Gasteiger partial charge is 0.182 e. The van der Waals surface area contributed by atoms with Crippen LogP contribution in [0.1, 0.15) is 39.6 Å². The van der Waals surface area contributed by atoms with Crippen LogP contribution in [0.4, 0.5) is 13.2 Å². The highest BCUT2D eigenvalue weighted by Crippen LogP contribution is 2.27. The lowest BCUT2D eigenvalue weighted by molar-refractivity contribution is 0.0968. The number of rotatable bonds is 8. The molecule has 2 aromatic carbocycles. The zero-order valence-electron chi connectivity index (χ0n) is 17.9. The van der Waals surface area contributed by atoms with E-state index in [9.17, 15) is 18.0 Å². The van der Waals surface area contributed by atoms with Crippen molar-refractivity contribution in [3.8, 4) is 5.75 Å². The first kappa shape index (κ1) is 22.5. The summed E-state index contributed by atoms with van der Waals surface area (Å²) in [5.41, 5.74) is 7.94. The molecule has 0 saturated carbocycles. The fraction of sp³-hybridized carbons (Fsp3) is 0.200. The third-order valence-corrected chi connectivity index (χ3v) is 5.53. The number of nitrogens with zero attached hydrogens (tertiary/aromatic N) is 2. The van der Waals surface area contributed by atoms with Crippen LogP contribution < -0.4 is 10.5 Å². The Kier molecular flexibility index (Phi) is 6.46. The van der Waals surface area contributed by atoms with E-state index in [1.165, 1.54) is 12.1 Å². The van der Waals surface area contributed by atoms with E-state index in [2.05, 4.69) is 4.98 Å². The van der Waals surface area contributed by atoms with Gasteiger partial charge in [-0.05, 0) is 49.4 Å². The van der Waals surface area contributed by atoms with Crippen LogP contribution in [0.25, 0.3) is 5.65 Å². The van der Waals surface area contributed by atoms with Crippen LogP contribution in [0.5, 0.6) is 5.75 Å². The second kappa shape index (κ2) is 9.46. The van der Waals surface area contributed by atoms with Crippen molar-refractivity contribution in [3.63, 3.8) is 0 Å². The summed E-state index contributed by atoms with van der Waals surface area (Å²) in [5, 5.41) is 0. The van der Waals surface area contributed by atoms with E-state index in [0.29, 0.717) is 33.9 Å². The molecule has 4 rings (SSSR count). The van der Waals surface area contributed by atoms with E-state index in [4.69, 9.17) is 10.5 Å². The van der Waals surface area contributed by atoms with Gasteiger partial charge >= 0.3 is 0 Å². The number of halogens is 3. The molecule has 0 aliphatic rings. The lowest BCUT2D eigenvalue weighted by atomic mass is 9.92. The molecule has 2 aromatic heterocycles. The number of benzene rings is 2. The van der Waals surface area contributed by atoms with Crippen molar-refractivity contribution in [2.45, 2.75) is 25.9 Å². The first-order valence-electron chi connectivity index (χ1n) is 10.4. The molecule has 0 bridgehead atoms. The van der Waals surface area contributed by atoms with E-state index < -0.39 is 17.6 Å². The molecule has 0 spiro atoms. The number of hydrogen-bond donors (Lipinski definition) is 1. The lowest BCUT2D eigenvalue weighted by Crippen LogP contribution is -2.18. The summed E-state index contributed by atoms with van der Waals surface area (Å²) in [6.45, 7) is 1.80. The summed E-state index contributed by atoms with van der Waals surface area (Å²) in [6, 6.07) is 13.2. The number of ketones is 1. The quantitative estimate of drug-likeness (QED) is 0.383. The molecular formula is C25H22F3N3O2. The van der Waals surface area contributed by atoms with E-state index in [-0.39, 0.29) is 31.2 Å². The van der Waals surface area contributed by atoms with Crippen LogP contribution in [0, 0.1) is 24.4 Å². The van der Waals surface area contributed by atoms with Gasteiger partial charge in [0.25, 0.3) is 0 Å². The van der Waals surface area contributed by atoms with E-state index in [0.717, 1.165) is 12.1 Å². The average molecular weight is 453 g/mol. The van der Waals surface area contributed by atoms with E-state index in [1.807, 2.05) is 0 Å². The summed E-state index contributed by atoms with van der Waals surface area (Å²) in [6.07, 6.45) is 1.68. The molecule has 2 N–H and O–H groups in total. The number of aryl methyl sites for hydroxylation is 1. The largest absolute Gasteiger partial charge is 0.485 e. The second-order valence-electron chi connectivity index (χ2n) is 7.73. The molecule has 1 atom stereocenters. The van der Waals surface area contributed by atoms with Crippen molar-refractivity contribution in [2.24, 2.45) is 5.73 Å². The van der Waals surface area contributed by atoms with Gasteiger partial charge in [-0.15, -0.1) is 0 Å². The van der Waals surface area contributed by atoms with Gasteiger partial charge in [-0.2, -0.15) is 0 Å². The summed E-state index contributed by atoms with van der Waals surface area (Å²) in [4.78, 5) is 17.7. The molecule has 2 heterocycles. The van der Waals surface area contributed by atoms with Crippen LogP contribution in [-0.4, -0.2) is 21.7 Å². The highest BCUT2D eigenvalue weighted by Gasteiger charge is 2.23. The summed E-state index contributed by atoms with van der Waals surface area (Å²) in [5.74, 6) is -2.64. The van der Waals surface area contributed by atoms with Crippen LogP contribution in [-0.2, 0) is 6.61 Å². The molecule has 0 fully saturated rings. The molecule has 0 aliphatic carbocycles. The molecule has 4 aromatic rings. The zero-order chi connectivity index (χ0) is 23.5. The highest BCUT2D eigenvalue weighted by atomic mass is 19.2. The fourth-order valence-electron chi connectivity index (χ4n) is 3.80. The third-order valence-electron chi connectivity index (χ3n) is 5.53. The van der Waals surface area contributed by atoms with Gasteiger partial charge in [0.15, 0.2) is 28.8 Å². The Hall–Kier alpha value is -3.65. The molecule has 0 saturated heterocycles. The van der Waals surface area contributed by atoms with Crippen molar-refractivity contribution in [1.82, 2.24) is 9.38 Å². The van der Waals surface area contributed by atoms with Gasteiger partial charge < -0.3 is 10.5 Å². The topological polar surface area (TPSA) is 69.6 Å². The number of ether oxygens (including phenoxy) is 1. The van der Waals surface area contributed by atoms with Gasteiger partial charge in [0.2, 0.25) is 0 Å². The maximum atomic E-state index is 13.9. The van der Waals surface area contributed by atoms with Crippen molar-refractivity contribution in [1.29, 1.82) is 0 Å². The Balaban J connectivity index is 1.60. The standard InChI is InChI=1S/C25H22F3N3O2/c1-15-24(22(32)12-18(13-29)16-8-9-20(27)21(28)11-16)31-10-4-7-23(25(31)30-15)33-14-17-5-2-3-6-19(17)26/h2-11,18H,12-14,29H2,1H3. The Labute approximate surface area is 188 Å². The van der Waals surface area contributed by atoms with Crippen molar-refractivity contribution >= 4 is 11.4 Å². The Morgan fingerprint density at radius 1 is 1.06 bits per heavy atom. The number of nitrogens with two attached hydrogens (primary N) is 1. The number of carbonyl (C=O) groups excluding carboxylic acids is 1. The van der Waals surface area contributed by atoms with Gasteiger partial charge in [-0.1, -0.05) is 24.3 Å². The van der Waals surface area contributed by atoms with Gasteiger partial charge in [0.1, 0.15) is 18.1 Å². The van der Waals surface area contributed by atoms with Crippen LogP contribution in [0.3, 0.4) is 0 Å². The Bertz CT molecular complexity index is 1320. The zero-order valence-corrected chi connectivity index (χ0v) is 17.9. The number of imidazole rings is 1. The minimum atomic E-state index is -0.985. The minimum Gasteiger partial charge on any atom is -0.485 e. The fourth-order valence-corrected chi connectivity index (χ4v) is 3.80. The van der Waals surface area contributed by atoms with Crippen molar-refractivity contribution in [3.05, 3.63) is 101 Å². The minimum absolute atomic E-state index is 0.00346. The average Bonchev–Trinajstić information content (AvgIpc) is 3.15. The van der Waals surface area contributed by atoms with Crippen molar-refractivity contribution < 1.29 is 22.7 Å². The number of pyridine rings is 1. The number of aromatic nitrogens is 2. The second-order valence-corrected chi connectivity index (χ2v) is 7.73. The first-order valence-corrected chi connectivity index (χ1v) is 10.4. The number of fused-ring (bicyclic) bond motifs is 1. The van der Waals surface area contributed by atoms with Crippen LogP contribution in [0.15, 0.2) is 60.8 Å². The van der Waals surface area contributed by atoms with E-state index in [1.54, 1.807) is 47.9 Å². The normalized spacial score (nSPS) is 12.2. The molecule has 0 amide bonds. The molecule has 8 heteroatoms. The van der Waals surface area contributed by atoms with E-state index >= 15 is 0 Å². The maximum absolute atomic E-state index is 13.9. The molecule has 0 aliphatic heterocycles. The predicted octanol–water partition coefficient (Wildman–Crippen LogP) is 4.95. The monoisotopic (exact) mass is 453 g/mol. The molecule has 33 heavy (non-hydrogen) atoms. The highest BCUT2D eigenvalue weighted by molar-refractivity contribution is 5.97. The third kappa shape index (κ3) is 4.61. The molecule has 5 nitrogen and oxygen atoms in total. The number of carbonyl (C=O) groups is 1. The summed E-state index contributed by atoms with van der Waals surface area (Å²) in [7, 11) is 0. The van der Waals surface area contributed by atoms with Gasteiger partial charge in [0, 0.05) is 24.1 Å². The Morgan fingerprint density at radius 3 is 2.58 bits per heavy atom. The summed E-state index contributed by atoms with van der Waals surface area (Å²) < 4.78 is 48.3. The molecule has 0 radical (unpaired) electrons. The van der Waals surface area contributed by atoms with Crippen molar-refractivity contribution in [2.75, 3.05) is 6.54 Å². The molecule has 1 unspecified atom stereocenters. The SMILES string of the molecule is Cc1nc2c(OCc3ccccc3F)cccn2c1C(=O)CC(CN)c1ccc(F)c(F)c1. The van der Waals surface area contributed by atoms with Crippen LogP contribution >= 0.6 is 0 Å². The van der Waals surface area contributed by atoms with Gasteiger partial charge in [-0.25, -0.2) is 18.2 Å². The molecular weight excluding hydrogens is 431 g/mol. The first-order chi connectivity index (χ1) is 15.9. The van der Waals surface area contributed by atoms with Gasteiger partial charge in [-0.3, -0.25) is 9.20 Å². The lowest BCUT2D eigenvalue weighted by Gasteiger charge is -2.15. The van der Waals surface area contributed by atoms with Gasteiger partial charge in [0.05, 0.1) is 5.69 Å². The number of Topliss-reactive ketones (excluding diaryl/α,β-unsaturated/α-hetero) is 1. The van der Waals surface area contributed by atoms with Crippen LogP contribution in [0.2, 0.25) is 0 Å². The number of hydrogen-bond acceptors (Lipinski definition) is 4. The maximum Gasteiger partial charge on any atom is 0.182 e. The predicted molar refractivity (Wildman–Crippen MR) is 118 cm³/mol. The molecule has 170 valence electrons. The summed E-state index contributed by atoms with van der Waals surface area (Å²) >= 11 is 0. The Morgan fingerprint density at radius 2 is 1.85 bits per heavy atom.